The second-order valence-corrected chi connectivity index (χ2v) is 10.2. The van der Waals surface area contributed by atoms with Gasteiger partial charge >= 0.3 is 0 Å². The van der Waals surface area contributed by atoms with Crippen LogP contribution in [0.25, 0.3) is 11.8 Å². The molecule has 1 saturated carbocycles. The van der Waals surface area contributed by atoms with E-state index < -0.39 is 11.6 Å². The van der Waals surface area contributed by atoms with Gasteiger partial charge in [-0.2, -0.15) is 10.2 Å². The van der Waals surface area contributed by atoms with Gasteiger partial charge in [-0.3, -0.25) is 5.10 Å². The fourth-order valence-electron chi connectivity index (χ4n) is 4.16. The summed E-state index contributed by atoms with van der Waals surface area (Å²) in [7, 11) is 1.60. The second kappa shape index (κ2) is 11.4. The Morgan fingerprint density at radius 3 is 2.47 bits per heavy atom. The molecule has 2 aromatic heterocycles. The molecule has 2 N–H and O–H groups in total. The lowest BCUT2D eigenvalue weighted by Crippen LogP contribution is -2.26. The van der Waals surface area contributed by atoms with E-state index in [-0.39, 0.29) is 11.6 Å². The average molecular weight is 538 g/mol. The number of allylic oxidation sites excluding steroid dienone is 3. The Morgan fingerprint density at radius 1 is 1.24 bits per heavy atom. The van der Waals surface area contributed by atoms with Crippen molar-refractivity contribution in [2.75, 3.05) is 23.5 Å². The van der Waals surface area contributed by atoms with Crippen LogP contribution in [0.1, 0.15) is 43.8 Å². The van der Waals surface area contributed by atoms with Gasteiger partial charge in [-0.05, 0) is 70.9 Å². The fourth-order valence-corrected chi connectivity index (χ4v) is 4.60. The van der Waals surface area contributed by atoms with E-state index in [1.165, 1.54) is 28.8 Å². The number of aromatic nitrogens is 4. The van der Waals surface area contributed by atoms with E-state index in [1.807, 2.05) is 45.2 Å². The lowest BCUT2D eigenvalue weighted by atomic mass is 9.99. The Kier molecular flexibility index (Phi) is 8.20. The van der Waals surface area contributed by atoms with Crippen molar-refractivity contribution in [2.24, 2.45) is 10.9 Å². The maximum atomic E-state index is 14.9. The Morgan fingerprint density at radius 2 is 1.92 bits per heavy atom. The molecule has 200 valence electrons. The van der Waals surface area contributed by atoms with Crippen molar-refractivity contribution in [3.8, 4) is 0 Å². The zero-order chi connectivity index (χ0) is 27.6. The zero-order valence-corrected chi connectivity index (χ0v) is 23.4. The molecule has 7 nitrogen and oxygen atoms in total. The minimum absolute atomic E-state index is 0.161. The molecule has 1 aromatic carbocycles. The predicted molar refractivity (Wildman–Crippen MR) is 153 cm³/mol. The van der Waals surface area contributed by atoms with Crippen LogP contribution in [0.5, 0.6) is 0 Å². The summed E-state index contributed by atoms with van der Waals surface area (Å²) in [6.45, 7) is 11.9. The Hall–Kier alpha value is -3.66. The molecule has 38 heavy (non-hydrogen) atoms. The highest BCUT2D eigenvalue weighted by Gasteiger charge is 2.32. The fraction of sp³-hybridized carbons (Fsp3) is 0.321. The molecule has 0 saturated heterocycles. The van der Waals surface area contributed by atoms with Crippen molar-refractivity contribution in [3.05, 3.63) is 77.0 Å². The monoisotopic (exact) mass is 537 g/mol. The van der Waals surface area contributed by atoms with Crippen LogP contribution < -0.4 is 10.2 Å². The molecular weight excluding hydrogens is 504 g/mol. The molecule has 4 rings (SSSR count). The number of thioether (sulfide) groups is 1. The van der Waals surface area contributed by atoms with Crippen molar-refractivity contribution in [2.45, 2.75) is 45.4 Å². The molecule has 0 bridgehead atoms. The molecule has 10 heteroatoms. The number of aryl methyl sites for hydroxylation is 2. The van der Waals surface area contributed by atoms with E-state index in [0.717, 1.165) is 41.1 Å². The standard InChI is InChI=1S/C28H33F2N7S/c1-8-11-37-17(3)13-24(35-37)18(4)26(20-9-10-20)28(32-25-12-16(2)33-34-25)31-19(5)36(6)27-22(29)14-21(38-7)15-23(27)30/h8,11-15,20H,4,9-10H2,1-3,5-7H3,(H2,32,33,34)/b11-8-,28-26-,31-19+. The summed E-state index contributed by atoms with van der Waals surface area (Å²) in [5.74, 6) is 0.437. The smallest absolute Gasteiger partial charge is 0.153 e. The number of rotatable bonds is 9. The number of nitrogens with zero attached hydrogens (tertiary/aromatic N) is 5. The van der Waals surface area contributed by atoms with Crippen LogP contribution in [0.15, 0.2) is 58.2 Å². The van der Waals surface area contributed by atoms with E-state index in [4.69, 9.17) is 10.1 Å². The first-order chi connectivity index (χ1) is 18.1. The molecular formula is C28H33F2N7S. The number of amidine groups is 1. The van der Waals surface area contributed by atoms with Crippen LogP contribution in [0.3, 0.4) is 0 Å². The summed E-state index contributed by atoms with van der Waals surface area (Å²) < 4.78 is 31.7. The van der Waals surface area contributed by atoms with Gasteiger partial charge in [-0.1, -0.05) is 12.7 Å². The average Bonchev–Trinajstić information content (AvgIpc) is 3.51. The van der Waals surface area contributed by atoms with E-state index >= 15 is 0 Å². The van der Waals surface area contributed by atoms with Gasteiger partial charge < -0.3 is 10.2 Å². The molecule has 1 aliphatic carbocycles. The first-order valence-electron chi connectivity index (χ1n) is 12.4. The van der Waals surface area contributed by atoms with E-state index in [0.29, 0.717) is 22.4 Å². The van der Waals surface area contributed by atoms with E-state index in [1.54, 1.807) is 24.9 Å². The van der Waals surface area contributed by atoms with Gasteiger partial charge in [-0.15, -0.1) is 11.8 Å². The third-order valence-corrected chi connectivity index (χ3v) is 7.07. The van der Waals surface area contributed by atoms with E-state index in [2.05, 4.69) is 22.1 Å². The highest BCUT2D eigenvalue weighted by atomic mass is 32.2. The summed E-state index contributed by atoms with van der Waals surface area (Å²) in [5, 5.41) is 15.3. The molecule has 0 unspecified atom stereocenters. The summed E-state index contributed by atoms with van der Waals surface area (Å²) in [6, 6.07) is 6.51. The van der Waals surface area contributed by atoms with Gasteiger partial charge in [0.2, 0.25) is 0 Å². The SMILES string of the molecule is C=C(/C(=C(\N=C(/C)N(C)c1c(F)cc(SC)cc1F)Nc1cc(C)[nH]n1)C1CC1)c1cc(C)n(/C=C\C)n1. The number of halogens is 2. The van der Waals surface area contributed by atoms with Gasteiger partial charge in [0.15, 0.2) is 17.5 Å². The van der Waals surface area contributed by atoms with Crippen LogP contribution in [-0.2, 0) is 0 Å². The van der Waals surface area contributed by atoms with Crippen molar-refractivity contribution in [3.63, 3.8) is 0 Å². The lowest BCUT2D eigenvalue weighted by molar-refractivity contribution is 0.579. The maximum absolute atomic E-state index is 14.9. The largest absolute Gasteiger partial charge is 0.328 e. The van der Waals surface area contributed by atoms with Gasteiger partial charge in [0, 0.05) is 46.7 Å². The van der Waals surface area contributed by atoms with Crippen molar-refractivity contribution in [1.29, 1.82) is 0 Å². The molecule has 1 fully saturated rings. The molecule has 0 spiro atoms. The summed E-state index contributed by atoms with van der Waals surface area (Å²) in [5.41, 5.74) is 4.09. The first-order valence-corrected chi connectivity index (χ1v) is 13.6. The van der Waals surface area contributed by atoms with Crippen LogP contribution in [0.4, 0.5) is 20.3 Å². The number of aromatic amines is 1. The first kappa shape index (κ1) is 27.4. The highest BCUT2D eigenvalue weighted by molar-refractivity contribution is 7.98. The summed E-state index contributed by atoms with van der Waals surface area (Å²) >= 11 is 1.28. The van der Waals surface area contributed by atoms with Gasteiger partial charge in [0.1, 0.15) is 17.3 Å². The summed E-state index contributed by atoms with van der Waals surface area (Å²) in [4.78, 5) is 6.80. The minimum atomic E-state index is -0.648. The van der Waals surface area contributed by atoms with Crippen molar-refractivity contribution >= 4 is 40.9 Å². The quantitative estimate of drug-likeness (QED) is 0.133. The molecule has 2 heterocycles. The van der Waals surface area contributed by atoms with Gasteiger partial charge in [0.25, 0.3) is 0 Å². The zero-order valence-electron chi connectivity index (χ0n) is 22.6. The van der Waals surface area contributed by atoms with Crippen molar-refractivity contribution < 1.29 is 8.78 Å². The molecule has 0 atom stereocenters. The summed E-state index contributed by atoms with van der Waals surface area (Å²) in [6.07, 6.45) is 7.56. The van der Waals surface area contributed by atoms with Gasteiger partial charge in [-0.25, -0.2) is 18.5 Å². The minimum Gasteiger partial charge on any atom is -0.328 e. The molecule has 3 aromatic rings. The number of anilines is 2. The van der Waals surface area contributed by atoms with Crippen LogP contribution >= 0.6 is 11.8 Å². The number of benzene rings is 1. The number of nitrogens with one attached hydrogen (secondary N) is 2. The molecule has 0 aliphatic heterocycles. The Balaban J connectivity index is 1.81. The predicted octanol–water partition coefficient (Wildman–Crippen LogP) is 7.02. The third kappa shape index (κ3) is 5.91. The van der Waals surface area contributed by atoms with Crippen LogP contribution in [-0.4, -0.2) is 39.1 Å². The van der Waals surface area contributed by atoms with E-state index in [9.17, 15) is 8.78 Å². The number of hydrogen-bond acceptors (Lipinski definition) is 5. The maximum Gasteiger partial charge on any atom is 0.153 e. The second-order valence-electron chi connectivity index (χ2n) is 9.33. The Bertz CT molecular complexity index is 1420. The topological polar surface area (TPSA) is 74.1 Å². The van der Waals surface area contributed by atoms with Gasteiger partial charge in [0.05, 0.1) is 5.69 Å². The third-order valence-electron chi connectivity index (χ3n) is 6.36. The molecule has 0 radical (unpaired) electrons. The van der Waals surface area contributed by atoms with Crippen LogP contribution in [0.2, 0.25) is 0 Å². The molecule has 0 amide bonds. The Labute approximate surface area is 226 Å². The van der Waals surface area contributed by atoms with Crippen LogP contribution in [0, 0.1) is 31.4 Å². The van der Waals surface area contributed by atoms with Crippen molar-refractivity contribution in [1.82, 2.24) is 20.0 Å². The number of hydrogen-bond donors (Lipinski definition) is 2. The number of aliphatic imine (C=N–C) groups is 1. The lowest BCUT2D eigenvalue weighted by Gasteiger charge is -2.22. The molecule has 1 aliphatic rings. The highest BCUT2D eigenvalue weighted by Crippen LogP contribution is 2.44. The normalized spacial score (nSPS) is 14.7. The number of H-pyrrole nitrogens is 1.